The molecular formula is C9H11ClN2O2. The molecule has 5 heteroatoms. The van der Waals surface area contributed by atoms with E-state index in [9.17, 15) is 0 Å². The van der Waals surface area contributed by atoms with Gasteiger partial charge in [-0.15, -0.1) is 0 Å². The maximum atomic E-state index is 5.92. The molecule has 1 aromatic rings. The Kier molecular flexibility index (Phi) is 2.86. The Hall–Kier alpha value is -0.840. The van der Waals surface area contributed by atoms with Gasteiger partial charge in [0.2, 0.25) is 0 Å². The molecule has 1 saturated heterocycles. The first-order valence-electron chi connectivity index (χ1n) is 4.38. The highest BCUT2D eigenvalue weighted by Gasteiger charge is 2.20. The normalized spacial score (nSPS) is 16.4. The predicted octanol–water partition coefficient (Wildman–Crippen LogP) is 0.971. The summed E-state index contributed by atoms with van der Waals surface area (Å²) < 4.78 is 10.5. The maximum Gasteiger partial charge on any atom is 0.145 e. The van der Waals surface area contributed by atoms with E-state index in [1.165, 1.54) is 0 Å². The summed E-state index contributed by atoms with van der Waals surface area (Å²) in [4.78, 5) is 4.09. The van der Waals surface area contributed by atoms with Crippen LogP contribution in [0.25, 0.3) is 0 Å². The quantitative estimate of drug-likeness (QED) is 0.815. The van der Waals surface area contributed by atoms with Crippen molar-refractivity contribution in [3.8, 4) is 5.75 Å². The van der Waals surface area contributed by atoms with Crippen molar-refractivity contribution in [1.29, 1.82) is 0 Å². The van der Waals surface area contributed by atoms with Gasteiger partial charge >= 0.3 is 0 Å². The van der Waals surface area contributed by atoms with Gasteiger partial charge in [0.1, 0.15) is 11.9 Å². The highest BCUT2D eigenvalue weighted by molar-refractivity contribution is 6.31. The lowest BCUT2D eigenvalue weighted by Gasteiger charge is -2.26. The minimum absolute atomic E-state index is 0.136. The van der Waals surface area contributed by atoms with Crippen LogP contribution < -0.4 is 10.5 Å². The van der Waals surface area contributed by atoms with Gasteiger partial charge in [0.15, 0.2) is 0 Å². The van der Waals surface area contributed by atoms with E-state index < -0.39 is 0 Å². The van der Waals surface area contributed by atoms with Gasteiger partial charge < -0.3 is 15.2 Å². The van der Waals surface area contributed by atoms with Crippen molar-refractivity contribution in [2.45, 2.75) is 12.6 Å². The van der Waals surface area contributed by atoms with Crippen LogP contribution in [0.1, 0.15) is 5.69 Å². The molecule has 76 valence electrons. The number of hydrogen-bond acceptors (Lipinski definition) is 4. The lowest BCUT2D eigenvalue weighted by molar-refractivity contribution is -0.0798. The number of rotatable bonds is 3. The van der Waals surface area contributed by atoms with E-state index in [-0.39, 0.29) is 6.10 Å². The van der Waals surface area contributed by atoms with Crippen LogP contribution in [0.15, 0.2) is 12.3 Å². The standard InChI is InChI=1S/C9H11ClN2O2/c10-8-1-6(3-12-9(8)2-11)14-7-4-13-5-7/h1,3,7H,2,4-5,11H2. The first-order chi connectivity index (χ1) is 6.79. The molecule has 2 N–H and O–H groups in total. The maximum absolute atomic E-state index is 5.92. The van der Waals surface area contributed by atoms with Gasteiger partial charge in [0, 0.05) is 12.6 Å². The third-order valence-electron chi connectivity index (χ3n) is 2.00. The fraction of sp³-hybridized carbons (Fsp3) is 0.444. The van der Waals surface area contributed by atoms with E-state index in [4.69, 9.17) is 26.8 Å². The number of ether oxygens (including phenoxy) is 2. The zero-order chi connectivity index (χ0) is 9.97. The molecule has 4 nitrogen and oxygen atoms in total. The highest BCUT2D eigenvalue weighted by Crippen LogP contribution is 2.21. The molecule has 0 radical (unpaired) electrons. The third-order valence-corrected chi connectivity index (χ3v) is 2.32. The molecule has 0 aliphatic carbocycles. The third kappa shape index (κ3) is 1.97. The Morgan fingerprint density at radius 3 is 2.93 bits per heavy atom. The molecule has 0 spiro atoms. The Morgan fingerprint density at radius 1 is 1.64 bits per heavy atom. The highest BCUT2D eigenvalue weighted by atomic mass is 35.5. The monoisotopic (exact) mass is 214 g/mol. The van der Waals surface area contributed by atoms with Crippen molar-refractivity contribution in [3.05, 3.63) is 23.0 Å². The molecule has 1 fully saturated rings. The van der Waals surface area contributed by atoms with Crippen LogP contribution in [0, 0.1) is 0 Å². The van der Waals surface area contributed by atoms with Crippen molar-refractivity contribution in [2.24, 2.45) is 5.73 Å². The van der Waals surface area contributed by atoms with Gasteiger partial charge in [0.05, 0.1) is 30.1 Å². The summed E-state index contributed by atoms with van der Waals surface area (Å²) in [5, 5.41) is 0.547. The molecule has 0 amide bonds. The molecule has 1 aliphatic heterocycles. The summed E-state index contributed by atoms with van der Waals surface area (Å²) in [6, 6.07) is 1.73. The first-order valence-corrected chi connectivity index (χ1v) is 4.76. The molecule has 0 atom stereocenters. The Balaban J connectivity index is 2.07. The van der Waals surface area contributed by atoms with Gasteiger partial charge in [0.25, 0.3) is 0 Å². The number of hydrogen-bond donors (Lipinski definition) is 1. The second kappa shape index (κ2) is 4.13. The number of nitrogens with zero attached hydrogens (tertiary/aromatic N) is 1. The smallest absolute Gasteiger partial charge is 0.145 e. The van der Waals surface area contributed by atoms with Crippen LogP contribution in [-0.4, -0.2) is 24.3 Å². The Bertz CT molecular complexity index is 329. The Labute approximate surface area is 87.0 Å². The largest absolute Gasteiger partial charge is 0.484 e. The lowest BCUT2D eigenvalue weighted by atomic mass is 10.3. The minimum Gasteiger partial charge on any atom is -0.484 e. The molecule has 0 unspecified atom stereocenters. The lowest BCUT2D eigenvalue weighted by Crippen LogP contribution is -2.38. The summed E-state index contributed by atoms with van der Waals surface area (Å²) in [6.07, 6.45) is 1.77. The zero-order valence-corrected chi connectivity index (χ0v) is 8.33. The number of pyridine rings is 1. The van der Waals surface area contributed by atoms with Crippen LogP contribution in [0.4, 0.5) is 0 Å². The molecule has 2 heterocycles. The van der Waals surface area contributed by atoms with Crippen LogP contribution in [0.2, 0.25) is 5.02 Å². The van der Waals surface area contributed by atoms with E-state index in [0.717, 1.165) is 0 Å². The SMILES string of the molecule is NCc1ncc(OC2COC2)cc1Cl. The minimum atomic E-state index is 0.136. The van der Waals surface area contributed by atoms with Crippen molar-refractivity contribution >= 4 is 11.6 Å². The van der Waals surface area contributed by atoms with Gasteiger partial charge in [-0.05, 0) is 0 Å². The number of halogens is 1. The van der Waals surface area contributed by atoms with E-state index in [2.05, 4.69) is 4.98 Å². The van der Waals surface area contributed by atoms with E-state index in [0.29, 0.717) is 36.2 Å². The van der Waals surface area contributed by atoms with E-state index in [1.54, 1.807) is 12.3 Å². The fourth-order valence-corrected chi connectivity index (χ4v) is 1.37. The second-order valence-corrected chi connectivity index (χ2v) is 3.49. The summed E-state index contributed by atoms with van der Waals surface area (Å²) in [7, 11) is 0. The fourth-order valence-electron chi connectivity index (χ4n) is 1.14. The van der Waals surface area contributed by atoms with Crippen molar-refractivity contribution in [3.63, 3.8) is 0 Å². The molecule has 1 aliphatic rings. The Morgan fingerprint density at radius 2 is 2.43 bits per heavy atom. The summed E-state index contributed by atoms with van der Waals surface area (Å²) >= 11 is 5.92. The molecule has 1 aromatic heterocycles. The summed E-state index contributed by atoms with van der Waals surface area (Å²) in [5.41, 5.74) is 6.12. The molecule has 14 heavy (non-hydrogen) atoms. The van der Waals surface area contributed by atoms with E-state index >= 15 is 0 Å². The summed E-state index contributed by atoms with van der Waals surface area (Å²) in [6.45, 7) is 1.61. The number of aromatic nitrogens is 1. The van der Waals surface area contributed by atoms with Crippen molar-refractivity contribution in [2.75, 3.05) is 13.2 Å². The summed E-state index contributed by atoms with van der Waals surface area (Å²) in [5.74, 6) is 0.667. The van der Waals surface area contributed by atoms with Crippen molar-refractivity contribution < 1.29 is 9.47 Å². The van der Waals surface area contributed by atoms with Crippen molar-refractivity contribution in [1.82, 2.24) is 4.98 Å². The topological polar surface area (TPSA) is 57.4 Å². The molecule has 0 saturated carbocycles. The number of nitrogens with two attached hydrogens (primary N) is 1. The van der Waals surface area contributed by atoms with Gasteiger partial charge in [-0.3, -0.25) is 4.98 Å². The van der Waals surface area contributed by atoms with Crippen LogP contribution in [0.5, 0.6) is 5.75 Å². The predicted molar refractivity (Wildman–Crippen MR) is 52.4 cm³/mol. The molecular weight excluding hydrogens is 204 g/mol. The average molecular weight is 215 g/mol. The second-order valence-electron chi connectivity index (χ2n) is 3.08. The van der Waals surface area contributed by atoms with Crippen LogP contribution >= 0.6 is 11.6 Å². The van der Waals surface area contributed by atoms with Gasteiger partial charge in [-0.2, -0.15) is 0 Å². The average Bonchev–Trinajstić information content (AvgIpc) is 2.12. The van der Waals surface area contributed by atoms with Crippen LogP contribution in [0.3, 0.4) is 0 Å². The molecule has 2 rings (SSSR count). The van der Waals surface area contributed by atoms with E-state index in [1.807, 2.05) is 0 Å². The van der Waals surface area contributed by atoms with Gasteiger partial charge in [-0.1, -0.05) is 11.6 Å². The van der Waals surface area contributed by atoms with Crippen LogP contribution in [-0.2, 0) is 11.3 Å². The first kappa shape index (κ1) is 9.71. The zero-order valence-electron chi connectivity index (χ0n) is 7.57. The molecule has 0 aromatic carbocycles. The van der Waals surface area contributed by atoms with Gasteiger partial charge in [-0.25, -0.2) is 0 Å². The molecule has 0 bridgehead atoms.